The summed E-state index contributed by atoms with van der Waals surface area (Å²) in [5.74, 6) is 0. The minimum Gasteiger partial charge on any atom is -0.0755 e. The summed E-state index contributed by atoms with van der Waals surface area (Å²) in [4.78, 5) is 0. The van der Waals surface area contributed by atoms with Gasteiger partial charge in [0.05, 0.1) is 9.52 Å². The van der Waals surface area contributed by atoms with Crippen molar-refractivity contribution in [2.24, 2.45) is 0 Å². The molecule has 0 bridgehead atoms. The summed E-state index contributed by atoms with van der Waals surface area (Å²) in [6.45, 7) is 9.08. The topological polar surface area (TPSA) is 0 Å². The van der Waals surface area contributed by atoms with Gasteiger partial charge in [-0.15, -0.1) is 0 Å². The number of allylic oxidation sites excluding steroid dienone is 4. The zero-order chi connectivity index (χ0) is 16.7. The number of unbranched alkanes of at least 4 members (excludes halogenated alkanes) is 3. The molecule has 0 radical (unpaired) electrons. The molecule has 0 aliphatic heterocycles. The molecule has 0 amide bonds. The maximum atomic E-state index is 2.58. The van der Waals surface area contributed by atoms with Gasteiger partial charge in [0.1, 0.15) is 0 Å². The predicted molar refractivity (Wildman–Crippen MR) is 107 cm³/mol. The normalized spacial score (nSPS) is 15.0. The Bertz CT molecular complexity index is 557. The second kappa shape index (κ2) is 9.27. The fourth-order valence-corrected chi connectivity index (χ4v) is 6.05. The molecule has 0 heterocycles. The molecule has 0 aromatic heterocycles. The van der Waals surface area contributed by atoms with Crippen molar-refractivity contribution in [2.45, 2.75) is 79.1 Å². The van der Waals surface area contributed by atoms with Crippen LogP contribution in [0, 0.1) is 13.8 Å². The molecule has 1 aromatic carbocycles. The second-order valence-corrected chi connectivity index (χ2v) is 9.37. The molecule has 0 saturated carbocycles. The Labute approximate surface area is 145 Å². The minimum absolute atomic E-state index is 0.286. The van der Waals surface area contributed by atoms with Gasteiger partial charge in [-0.1, -0.05) is 90.0 Å². The van der Waals surface area contributed by atoms with Gasteiger partial charge in [0.25, 0.3) is 0 Å². The van der Waals surface area contributed by atoms with Crippen LogP contribution in [0.2, 0.25) is 0 Å². The zero-order valence-electron chi connectivity index (χ0n) is 15.7. The minimum atomic E-state index is -0.286. The Morgan fingerprint density at radius 1 is 0.870 bits per heavy atom. The molecule has 0 spiro atoms. The van der Waals surface area contributed by atoms with Crippen LogP contribution in [-0.4, -0.2) is 9.52 Å². The van der Waals surface area contributed by atoms with Crippen molar-refractivity contribution in [2.75, 3.05) is 0 Å². The van der Waals surface area contributed by atoms with Crippen LogP contribution in [-0.2, 0) is 0 Å². The van der Waals surface area contributed by atoms with Crippen molar-refractivity contribution in [1.29, 1.82) is 0 Å². The van der Waals surface area contributed by atoms with Gasteiger partial charge in [0.2, 0.25) is 0 Å². The van der Waals surface area contributed by atoms with Crippen LogP contribution in [0.1, 0.15) is 76.3 Å². The standard InChI is InChI=1S/C22H34Si/c1-5-7-9-10-19-15-20(11-8-6-2)22(16-19)23-21-13-17(3)12-18(4)14-21/h12-15H,5-11,16,23H2,1-4H3. The summed E-state index contributed by atoms with van der Waals surface area (Å²) in [5.41, 5.74) is 6.29. The van der Waals surface area contributed by atoms with Crippen LogP contribution in [0.15, 0.2) is 40.6 Å². The van der Waals surface area contributed by atoms with E-state index in [0.717, 1.165) is 0 Å². The van der Waals surface area contributed by atoms with E-state index in [4.69, 9.17) is 0 Å². The highest BCUT2D eigenvalue weighted by Crippen LogP contribution is 2.31. The summed E-state index contributed by atoms with van der Waals surface area (Å²) in [6.07, 6.45) is 13.2. The molecule has 1 aromatic rings. The first-order valence-corrected chi connectivity index (χ1v) is 11.0. The molecule has 2 rings (SSSR count). The molecule has 1 aliphatic carbocycles. The van der Waals surface area contributed by atoms with Crippen molar-refractivity contribution in [3.05, 3.63) is 51.7 Å². The third-order valence-corrected chi connectivity index (χ3v) is 6.82. The van der Waals surface area contributed by atoms with E-state index in [1.165, 1.54) is 62.5 Å². The first-order valence-electron chi connectivity index (χ1n) is 9.59. The molecule has 0 N–H and O–H groups in total. The molecular weight excluding hydrogens is 292 g/mol. The lowest BCUT2D eigenvalue weighted by Crippen LogP contribution is -2.18. The van der Waals surface area contributed by atoms with E-state index in [2.05, 4.69) is 52.0 Å². The molecule has 0 atom stereocenters. The van der Waals surface area contributed by atoms with Gasteiger partial charge in [0.15, 0.2) is 0 Å². The first kappa shape index (κ1) is 18.3. The molecule has 0 saturated heterocycles. The van der Waals surface area contributed by atoms with Crippen molar-refractivity contribution in [1.82, 2.24) is 0 Å². The summed E-state index contributed by atoms with van der Waals surface area (Å²) in [7, 11) is -0.286. The Morgan fingerprint density at radius 2 is 1.57 bits per heavy atom. The second-order valence-electron chi connectivity index (χ2n) is 7.34. The summed E-state index contributed by atoms with van der Waals surface area (Å²) >= 11 is 0. The van der Waals surface area contributed by atoms with Crippen LogP contribution < -0.4 is 5.19 Å². The average molecular weight is 327 g/mol. The molecule has 0 nitrogen and oxygen atoms in total. The Kier molecular flexibility index (Phi) is 7.36. The predicted octanol–water partition coefficient (Wildman–Crippen LogP) is 5.45. The largest absolute Gasteiger partial charge is 0.0832 e. The van der Waals surface area contributed by atoms with Crippen LogP contribution in [0.5, 0.6) is 0 Å². The lowest BCUT2D eigenvalue weighted by Gasteiger charge is -2.09. The van der Waals surface area contributed by atoms with Crippen molar-refractivity contribution in [3.8, 4) is 0 Å². The molecular formula is C22H34Si. The number of benzene rings is 1. The van der Waals surface area contributed by atoms with E-state index in [0.29, 0.717) is 0 Å². The van der Waals surface area contributed by atoms with Gasteiger partial charge in [-0.2, -0.15) is 0 Å². The van der Waals surface area contributed by atoms with Gasteiger partial charge in [0, 0.05) is 0 Å². The van der Waals surface area contributed by atoms with Crippen molar-refractivity contribution < 1.29 is 0 Å². The van der Waals surface area contributed by atoms with E-state index in [-0.39, 0.29) is 9.52 Å². The molecule has 0 fully saturated rings. The van der Waals surface area contributed by atoms with E-state index in [1.54, 1.807) is 16.3 Å². The van der Waals surface area contributed by atoms with Crippen molar-refractivity contribution in [3.63, 3.8) is 0 Å². The number of aryl methyl sites for hydroxylation is 2. The summed E-state index contributed by atoms with van der Waals surface area (Å²) in [6, 6.07) is 7.16. The third-order valence-electron chi connectivity index (χ3n) is 4.87. The van der Waals surface area contributed by atoms with E-state index in [9.17, 15) is 0 Å². The first-order chi connectivity index (χ1) is 11.1. The molecule has 126 valence electrons. The van der Waals surface area contributed by atoms with Crippen LogP contribution >= 0.6 is 0 Å². The zero-order valence-corrected chi connectivity index (χ0v) is 17.1. The number of hydrogen-bond acceptors (Lipinski definition) is 0. The van der Waals surface area contributed by atoms with E-state index >= 15 is 0 Å². The van der Waals surface area contributed by atoms with Crippen LogP contribution in [0.3, 0.4) is 0 Å². The SMILES string of the molecule is CCCCCC1=CC(CCCC)=C([SiH2]c2cc(C)cc(C)c2)C1. The van der Waals surface area contributed by atoms with Gasteiger partial charge in [-0.05, 0) is 46.0 Å². The molecule has 23 heavy (non-hydrogen) atoms. The Morgan fingerprint density at radius 3 is 2.22 bits per heavy atom. The summed E-state index contributed by atoms with van der Waals surface area (Å²) < 4.78 is 0. The monoisotopic (exact) mass is 326 g/mol. The van der Waals surface area contributed by atoms with E-state index in [1.807, 2.05) is 5.20 Å². The maximum absolute atomic E-state index is 2.58. The third kappa shape index (κ3) is 5.80. The highest BCUT2D eigenvalue weighted by Gasteiger charge is 2.16. The van der Waals surface area contributed by atoms with Crippen LogP contribution in [0.4, 0.5) is 0 Å². The quantitative estimate of drug-likeness (QED) is 0.418. The van der Waals surface area contributed by atoms with Gasteiger partial charge in [-0.25, -0.2) is 0 Å². The number of rotatable bonds is 9. The Balaban J connectivity index is 2.07. The molecule has 0 unspecified atom stereocenters. The van der Waals surface area contributed by atoms with Gasteiger partial charge >= 0.3 is 0 Å². The smallest absolute Gasteiger partial charge is 0.0755 e. The lowest BCUT2D eigenvalue weighted by atomic mass is 10.1. The lowest BCUT2D eigenvalue weighted by molar-refractivity contribution is 0.708. The van der Waals surface area contributed by atoms with E-state index < -0.39 is 0 Å². The van der Waals surface area contributed by atoms with Crippen molar-refractivity contribution >= 4 is 14.7 Å². The molecule has 1 aliphatic rings. The highest BCUT2D eigenvalue weighted by atomic mass is 28.2. The maximum Gasteiger partial charge on any atom is 0.0832 e. The Hall–Kier alpha value is -1.08. The fraction of sp³-hybridized carbons (Fsp3) is 0.545. The van der Waals surface area contributed by atoms with Gasteiger partial charge < -0.3 is 0 Å². The number of hydrogen-bond donors (Lipinski definition) is 0. The highest BCUT2D eigenvalue weighted by molar-refractivity contribution is 6.61. The van der Waals surface area contributed by atoms with Crippen LogP contribution in [0.25, 0.3) is 0 Å². The fourth-order valence-electron chi connectivity index (χ4n) is 3.76. The molecule has 1 heteroatoms. The average Bonchev–Trinajstić information content (AvgIpc) is 2.86. The summed E-state index contributed by atoms with van der Waals surface area (Å²) in [5, 5.41) is 3.46. The van der Waals surface area contributed by atoms with Gasteiger partial charge in [-0.3, -0.25) is 0 Å².